The zero-order valence-electron chi connectivity index (χ0n) is 5.92. The molecule has 2 heterocycles. The van der Waals surface area contributed by atoms with E-state index in [1.807, 2.05) is 0 Å². The van der Waals surface area contributed by atoms with Crippen molar-refractivity contribution >= 4 is 0 Å². The van der Waals surface area contributed by atoms with Gasteiger partial charge >= 0.3 is 0 Å². The van der Waals surface area contributed by atoms with Gasteiger partial charge in [0, 0.05) is 25.6 Å². The van der Waals surface area contributed by atoms with Crippen molar-refractivity contribution in [3.05, 3.63) is 11.8 Å². The van der Waals surface area contributed by atoms with E-state index < -0.39 is 0 Å². The summed E-state index contributed by atoms with van der Waals surface area (Å²) in [5.74, 6) is 1.26. The van der Waals surface area contributed by atoms with Crippen molar-refractivity contribution in [1.82, 2.24) is 4.90 Å². The van der Waals surface area contributed by atoms with E-state index in [1.165, 1.54) is 31.7 Å². The Labute approximate surface area is 60.5 Å². The van der Waals surface area contributed by atoms with E-state index in [-0.39, 0.29) is 0 Å². The maximum absolute atomic E-state index is 5.32. The lowest BCUT2D eigenvalue weighted by Gasteiger charge is -2.15. The number of rotatable bonds is 1. The van der Waals surface area contributed by atoms with E-state index in [0.29, 0.717) is 6.10 Å². The van der Waals surface area contributed by atoms with Gasteiger partial charge in [-0.1, -0.05) is 0 Å². The largest absolute Gasteiger partial charge is 0.483 e. The van der Waals surface area contributed by atoms with Crippen LogP contribution in [-0.4, -0.2) is 30.1 Å². The van der Waals surface area contributed by atoms with E-state index in [2.05, 4.69) is 11.0 Å². The molecule has 0 amide bonds. The Kier molecular flexibility index (Phi) is 0.810. The second kappa shape index (κ2) is 1.56. The molecule has 10 heavy (non-hydrogen) atoms. The third-order valence-corrected chi connectivity index (χ3v) is 2.61. The Balaban J connectivity index is 1.74. The summed E-state index contributed by atoms with van der Waals surface area (Å²) in [5, 5.41) is 0. The lowest BCUT2D eigenvalue weighted by molar-refractivity contribution is 0.325. The SMILES string of the molecule is C1=C2OC2CC(N2CC2)C1. The highest BCUT2D eigenvalue weighted by Crippen LogP contribution is 2.38. The predicted octanol–water partition coefficient (Wildman–Crippen LogP) is 0.747. The van der Waals surface area contributed by atoms with Gasteiger partial charge in [-0.25, -0.2) is 0 Å². The molecule has 3 aliphatic rings. The van der Waals surface area contributed by atoms with Gasteiger partial charge < -0.3 is 4.74 Å². The van der Waals surface area contributed by atoms with Crippen LogP contribution in [0.1, 0.15) is 12.8 Å². The molecular formula is C8H11NO. The second-order valence-corrected chi connectivity index (χ2v) is 3.37. The molecule has 0 spiro atoms. The van der Waals surface area contributed by atoms with Gasteiger partial charge in [0.25, 0.3) is 0 Å². The molecule has 0 bridgehead atoms. The van der Waals surface area contributed by atoms with Gasteiger partial charge in [-0.05, 0) is 12.5 Å². The number of epoxide rings is 1. The lowest BCUT2D eigenvalue weighted by Crippen LogP contribution is -2.21. The van der Waals surface area contributed by atoms with Crippen LogP contribution in [0.25, 0.3) is 0 Å². The number of nitrogens with zero attached hydrogens (tertiary/aromatic N) is 1. The summed E-state index contributed by atoms with van der Waals surface area (Å²) >= 11 is 0. The highest BCUT2D eigenvalue weighted by Gasteiger charge is 2.41. The highest BCUT2D eigenvalue weighted by atomic mass is 16.6. The number of hydrogen-bond donors (Lipinski definition) is 0. The molecule has 0 N–H and O–H groups in total. The van der Waals surface area contributed by atoms with E-state index in [0.717, 1.165) is 6.04 Å². The molecule has 0 aromatic rings. The van der Waals surface area contributed by atoms with E-state index in [4.69, 9.17) is 4.74 Å². The summed E-state index contributed by atoms with van der Waals surface area (Å²) in [6.45, 7) is 2.64. The minimum Gasteiger partial charge on any atom is -0.483 e. The van der Waals surface area contributed by atoms with Gasteiger partial charge in [-0.3, -0.25) is 4.90 Å². The molecule has 3 rings (SSSR count). The molecule has 1 aliphatic carbocycles. The first-order chi connectivity index (χ1) is 4.93. The Bertz CT molecular complexity index is 195. The first-order valence-corrected chi connectivity index (χ1v) is 4.04. The Morgan fingerprint density at radius 2 is 2.40 bits per heavy atom. The number of hydrogen-bond acceptors (Lipinski definition) is 2. The fraction of sp³-hybridized carbons (Fsp3) is 0.750. The second-order valence-electron chi connectivity index (χ2n) is 3.37. The topological polar surface area (TPSA) is 15.5 Å². The minimum absolute atomic E-state index is 0.527. The molecule has 54 valence electrons. The quantitative estimate of drug-likeness (QED) is 0.495. The smallest absolute Gasteiger partial charge is 0.156 e. The predicted molar refractivity (Wildman–Crippen MR) is 37.6 cm³/mol. The van der Waals surface area contributed by atoms with Crippen molar-refractivity contribution in [3.63, 3.8) is 0 Å². The fourth-order valence-corrected chi connectivity index (χ4v) is 1.79. The van der Waals surface area contributed by atoms with Crippen LogP contribution in [0.2, 0.25) is 0 Å². The fourth-order valence-electron chi connectivity index (χ4n) is 1.79. The normalized spacial score (nSPS) is 43.4. The molecule has 2 saturated heterocycles. The third-order valence-electron chi connectivity index (χ3n) is 2.61. The van der Waals surface area contributed by atoms with Gasteiger partial charge in [0.05, 0.1) is 0 Å². The summed E-state index contributed by atoms with van der Waals surface area (Å²) in [6.07, 6.45) is 5.27. The molecule has 2 heteroatoms. The van der Waals surface area contributed by atoms with Crippen LogP contribution in [-0.2, 0) is 4.74 Å². The lowest BCUT2D eigenvalue weighted by atomic mass is 10.0. The van der Waals surface area contributed by atoms with Crippen LogP contribution in [0.4, 0.5) is 0 Å². The van der Waals surface area contributed by atoms with Gasteiger partial charge in [0.1, 0.15) is 5.76 Å². The first-order valence-electron chi connectivity index (χ1n) is 4.04. The molecule has 0 radical (unpaired) electrons. The standard InChI is InChI=1S/C8H11NO/c1-2-7-8(10-7)5-6(1)9-3-4-9/h2,6,8H,1,3-5H2. The Hall–Kier alpha value is -0.500. The van der Waals surface area contributed by atoms with Gasteiger partial charge in [-0.2, -0.15) is 0 Å². The third kappa shape index (κ3) is 0.686. The van der Waals surface area contributed by atoms with Gasteiger partial charge in [0.15, 0.2) is 6.10 Å². The van der Waals surface area contributed by atoms with Gasteiger partial charge in [0.2, 0.25) is 0 Å². The van der Waals surface area contributed by atoms with Crippen molar-refractivity contribution in [2.75, 3.05) is 13.1 Å². The molecule has 2 nitrogen and oxygen atoms in total. The number of fused-ring (bicyclic) bond motifs is 1. The summed E-state index contributed by atoms with van der Waals surface area (Å²) in [4.78, 5) is 2.52. The molecule has 0 saturated carbocycles. The monoisotopic (exact) mass is 137 g/mol. The molecular weight excluding hydrogens is 126 g/mol. The summed E-state index contributed by atoms with van der Waals surface area (Å²) < 4.78 is 5.32. The van der Waals surface area contributed by atoms with Crippen LogP contribution in [0.3, 0.4) is 0 Å². The maximum atomic E-state index is 5.32. The number of ether oxygens (including phenoxy) is 1. The zero-order valence-corrected chi connectivity index (χ0v) is 5.92. The van der Waals surface area contributed by atoms with Crippen molar-refractivity contribution < 1.29 is 4.74 Å². The van der Waals surface area contributed by atoms with Crippen LogP contribution in [0.5, 0.6) is 0 Å². The van der Waals surface area contributed by atoms with E-state index in [9.17, 15) is 0 Å². The average Bonchev–Trinajstić information content (AvgIpc) is 2.83. The van der Waals surface area contributed by atoms with Crippen LogP contribution >= 0.6 is 0 Å². The van der Waals surface area contributed by atoms with Crippen LogP contribution < -0.4 is 0 Å². The maximum Gasteiger partial charge on any atom is 0.156 e. The zero-order chi connectivity index (χ0) is 6.55. The Morgan fingerprint density at radius 1 is 1.50 bits per heavy atom. The van der Waals surface area contributed by atoms with Crippen LogP contribution in [0, 0.1) is 0 Å². The molecule has 2 fully saturated rings. The summed E-state index contributed by atoms with van der Waals surface area (Å²) in [7, 11) is 0. The molecule has 2 atom stereocenters. The average molecular weight is 137 g/mol. The summed E-state index contributed by atoms with van der Waals surface area (Å²) in [5.41, 5.74) is 0. The summed E-state index contributed by atoms with van der Waals surface area (Å²) in [6, 6.07) is 0.816. The molecule has 0 aromatic heterocycles. The van der Waals surface area contributed by atoms with Gasteiger partial charge in [-0.15, -0.1) is 0 Å². The van der Waals surface area contributed by atoms with Crippen molar-refractivity contribution in [2.24, 2.45) is 0 Å². The minimum atomic E-state index is 0.527. The molecule has 0 aromatic carbocycles. The van der Waals surface area contributed by atoms with Crippen molar-refractivity contribution in [2.45, 2.75) is 25.0 Å². The molecule has 2 unspecified atom stereocenters. The van der Waals surface area contributed by atoms with E-state index >= 15 is 0 Å². The first kappa shape index (κ1) is 5.19. The Morgan fingerprint density at radius 3 is 3.10 bits per heavy atom. The van der Waals surface area contributed by atoms with E-state index in [1.54, 1.807) is 0 Å². The van der Waals surface area contributed by atoms with Crippen molar-refractivity contribution in [1.29, 1.82) is 0 Å². The van der Waals surface area contributed by atoms with Crippen molar-refractivity contribution in [3.8, 4) is 0 Å². The molecule has 2 aliphatic heterocycles. The van der Waals surface area contributed by atoms with Crippen LogP contribution in [0.15, 0.2) is 11.8 Å². The highest BCUT2D eigenvalue weighted by molar-refractivity contribution is 5.19.